The quantitative estimate of drug-likeness (QED) is 0.396. The summed E-state index contributed by atoms with van der Waals surface area (Å²) in [6.45, 7) is 8.99. The molecule has 7 heteroatoms. The van der Waals surface area contributed by atoms with E-state index in [1.807, 2.05) is 18.2 Å². The van der Waals surface area contributed by atoms with Crippen LogP contribution in [-0.2, 0) is 11.3 Å². The second kappa shape index (κ2) is 10.6. The van der Waals surface area contributed by atoms with E-state index in [1.165, 1.54) is 0 Å². The van der Waals surface area contributed by atoms with Crippen molar-refractivity contribution in [2.45, 2.75) is 13.5 Å². The summed E-state index contributed by atoms with van der Waals surface area (Å²) in [5.74, 6) is 1.70. The molecule has 2 heterocycles. The minimum atomic E-state index is 0. The van der Waals surface area contributed by atoms with Gasteiger partial charge in [-0.25, -0.2) is 4.99 Å². The Morgan fingerprint density at radius 2 is 2.00 bits per heavy atom. The lowest BCUT2D eigenvalue weighted by atomic mass is 10.2. The summed E-state index contributed by atoms with van der Waals surface area (Å²) in [6.07, 6.45) is 0. The van der Waals surface area contributed by atoms with Crippen LogP contribution in [0.5, 0.6) is 0 Å². The van der Waals surface area contributed by atoms with Crippen molar-refractivity contribution in [1.29, 1.82) is 0 Å². The van der Waals surface area contributed by atoms with Crippen LogP contribution in [0.3, 0.4) is 0 Å². The number of hydrogen-bond donors (Lipinski definition) is 2. The first-order valence-electron chi connectivity index (χ1n) is 8.65. The largest absolute Gasteiger partial charge is 0.459 e. The Labute approximate surface area is 166 Å². The molecule has 25 heavy (non-hydrogen) atoms. The molecule has 2 aromatic rings. The van der Waals surface area contributed by atoms with Crippen molar-refractivity contribution in [1.82, 2.24) is 15.5 Å². The second-order valence-electron chi connectivity index (χ2n) is 5.83. The molecule has 0 bridgehead atoms. The van der Waals surface area contributed by atoms with Crippen LogP contribution < -0.4 is 10.6 Å². The van der Waals surface area contributed by atoms with E-state index in [1.54, 1.807) is 0 Å². The van der Waals surface area contributed by atoms with Crippen LogP contribution in [0.15, 0.2) is 39.7 Å². The fourth-order valence-electron chi connectivity index (χ4n) is 2.77. The van der Waals surface area contributed by atoms with E-state index >= 15 is 0 Å². The average Bonchev–Trinajstić information content (AvgIpc) is 3.03. The highest BCUT2D eigenvalue weighted by atomic mass is 127. The maximum Gasteiger partial charge on any atom is 0.191 e. The number of nitrogens with one attached hydrogen (secondary N) is 2. The van der Waals surface area contributed by atoms with Gasteiger partial charge in [0.05, 0.1) is 13.2 Å². The predicted molar refractivity (Wildman–Crippen MR) is 112 cm³/mol. The maximum absolute atomic E-state index is 5.81. The molecular weight excluding hydrogens is 431 g/mol. The third kappa shape index (κ3) is 6.16. The Kier molecular flexibility index (Phi) is 8.50. The van der Waals surface area contributed by atoms with Crippen LogP contribution in [0.4, 0.5) is 0 Å². The number of nitrogens with zero attached hydrogens (tertiary/aromatic N) is 2. The van der Waals surface area contributed by atoms with E-state index < -0.39 is 0 Å². The monoisotopic (exact) mass is 458 g/mol. The number of halogens is 1. The molecule has 0 unspecified atom stereocenters. The average molecular weight is 458 g/mol. The topological polar surface area (TPSA) is 62.0 Å². The van der Waals surface area contributed by atoms with E-state index in [0.29, 0.717) is 6.54 Å². The molecule has 0 saturated carbocycles. The van der Waals surface area contributed by atoms with Crippen molar-refractivity contribution < 1.29 is 9.15 Å². The van der Waals surface area contributed by atoms with Crippen LogP contribution in [0.2, 0.25) is 0 Å². The van der Waals surface area contributed by atoms with E-state index in [0.717, 1.165) is 68.6 Å². The molecule has 1 aromatic heterocycles. The van der Waals surface area contributed by atoms with E-state index in [4.69, 9.17) is 9.15 Å². The van der Waals surface area contributed by atoms with E-state index in [9.17, 15) is 0 Å². The van der Waals surface area contributed by atoms with Crippen molar-refractivity contribution >= 4 is 40.9 Å². The molecule has 138 valence electrons. The minimum Gasteiger partial charge on any atom is -0.459 e. The van der Waals surface area contributed by atoms with Crippen LogP contribution in [0, 0.1) is 0 Å². The summed E-state index contributed by atoms with van der Waals surface area (Å²) in [6, 6.07) is 10.1. The Balaban J connectivity index is 0.00000225. The molecule has 6 nitrogen and oxygen atoms in total. The van der Waals surface area contributed by atoms with Gasteiger partial charge in [-0.05, 0) is 19.1 Å². The molecule has 1 aliphatic rings. The van der Waals surface area contributed by atoms with Crippen molar-refractivity contribution in [2.75, 3.05) is 45.9 Å². The number of ether oxygens (including phenoxy) is 1. The summed E-state index contributed by atoms with van der Waals surface area (Å²) in [4.78, 5) is 7.02. The van der Waals surface area contributed by atoms with Crippen molar-refractivity contribution in [3.8, 4) is 0 Å². The zero-order valence-electron chi connectivity index (χ0n) is 14.7. The fraction of sp³-hybridized carbons (Fsp3) is 0.500. The Bertz CT molecular complexity index is 635. The first-order chi connectivity index (χ1) is 11.8. The molecule has 1 fully saturated rings. The lowest BCUT2D eigenvalue weighted by Crippen LogP contribution is -2.44. The number of para-hydroxylation sites is 1. The highest BCUT2D eigenvalue weighted by Crippen LogP contribution is 2.19. The summed E-state index contributed by atoms with van der Waals surface area (Å²) < 4.78 is 11.2. The van der Waals surface area contributed by atoms with Gasteiger partial charge in [-0.2, -0.15) is 0 Å². The van der Waals surface area contributed by atoms with Gasteiger partial charge >= 0.3 is 0 Å². The number of furan rings is 1. The van der Waals surface area contributed by atoms with Crippen molar-refractivity contribution in [3.63, 3.8) is 0 Å². The smallest absolute Gasteiger partial charge is 0.191 e. The van der Waals surface area contributed by atoms with Crippen LogP contribution in [-0.4, -0.2) is 56.8 Å². The molecule has 0 atom stereocenters. The summed E-state index contributed by atoms with van der Waals surface area (Å²) >= 11 is 0. The number of fused-ring (bicyclic) bond motifs is 1. The van der Waals surface area contributed by atoms with Gasteiger partial charge in [0.1, 0.15) is 17.9 Å². The molecule has 0 aliphatic carbocycles. The first-order valence-corrected chi connectivity index (χ1v) is 8.65. The van der Waals surface area contributed by atoms with Gasteiger partial charge in [0.2, 0.25) is 0 Å². The lowest BCUT2D eigenvalue weighted by molar-refractivity contribution is 0.0389. The zero-order chi connectivity index (χ0) is 16.6. The van der Waals surface area contributed by atoms with Crippen LogP contribution in [0.1, 0.15) is 12.7 Å². The molecular formula is C18H27IN4O2. The Morgan fingerprint density at radius 3 is 2.76 bits per heavy atom. The van der Waals surface area contributed by atoms with Gasteiger partial charge in [0, 0.05) is 38.1 Å². The Morgan fingerprint density at radius 1 is 1.20 bits per heavy atom. The second-order valence-corrected chi connectivity index (χ2v) is 5.83. The molecule has 3 rings (SSSR count). The van der Waals surface area contributed by atoms with Crippen LogP contribution >= 0.6 is 24.0 Å². The number of rotatable bonds is 6. The predicted octanol–water partition coefficient (Wildman–Crippen LogP) is 2.44. The van der Waals surface area contributed by atoms with Gasteiger partial charge in [-0.1, -0.05) is 18.2 Å². The molecule has 1 aliphatic heterocycles. The number of guanidine groups is 1. The summed E-state index contributed by atoms with van der Waals surface area (Å²) in [5.41, 5.74) is 0.910. The first kappa shape index (κ1) is 20.0. The standard InChI is InChI=1S/C18H26N4O2.HI/c1-2-19-18(20-7-8-22-9-11-23-12-10-22)21-14-16-13-15-5-3-4-6-17(15)24-16;/h3-6,13H,2,7-12,14H2,1H3,(H2,19,20,21);1H. The minimum absolute atomic E-state index is 0. The Hall–Kier alpha value is -1.32. The molecule has 1 saturated heterocycles. The highest BCUT2D eigenvalue weighted by Gasteiger charge is 2.09. The molecule has 0 amide bonds. The maximum atomic E-state index is 5.81. The fourth-order valence-corrected chi connectivity index (χ4v) is 2.77. The molecule has 2 N–H and O–H groups in total. The third-order valence-corrected chi connectivity index (χ3v) is 4.04. The van der Waals surface area contributed by atoms with Gasteiger partial charge in [0.15, 0.2) is 5.96 Å². The number of morpholine rings is 1. The van der Waals surface area contributed by atoms with Gasteiger partial charge in [-0.15, -0.1) is 24.0 Å². The number of hydrogen-bond acceptors (Lipinski definition) is 4. The lowest BCUT2D eigenvalue weighted by Gasteiger charge is -2.26. The molecule has 1 aromatic carbocycles. The summed E-state index contributed by atoms with van der Waals surface area (Å²) in [5, 5.41) is 7.78. The normalized spacial score (nSPS) is 15.8. The van der Waals surface area contributed by atoms with E-state index in [2.05, 4.69) is 39.6 Å². The zero-order valence-corrected chi connectivity index (χ0v) is 17.0. The third-order valence-electron chi connectivity index (χ3n) is 4.04. The number of aliphatic imine (C=N–C) groups is 1. The molecule has 0 spiro atoms. The van der Waals surface area contributed by atoms with Crippen molar-refractivity contribution in [2.24, 2.45) is 4.99 Å². The van der Waals surface area contributed by atoms with Gasteiger partial charge < -0.3 is 19.8 Å². The van der Waals surface area contributed by atoms with E-state index in [-0.39, 0.29) is 24.0 Å². The highest BCUT2D eigenvalue weighted by molar-refractivity contribution is 14.0. The SMILES string of the molecule is CCNC(=NCc1cc2ccccc2o1)NCCN1CCOCC1.I. The van der Waals surface area contributed by atoms with Gasteiger partial charge in [0.25, 0.3) is 0 Å². The van der Waals surface area contributed by atoms with Crippen molar-refractivity contribution in [3.05, 3.63) is 36.1 Å². The number of benzene rings is 1. The summed E-state index contributed by atoms with van der Waals surface area (Å²) in [7, 11) is 0. The molecule has 0 radical (unpaired) electrons. The van der Waals surface area contributed by atoms with Gasteiger partial charge in [-0.3, -0.25) is 4.90 Å². The van der Waals surface area contributed by atoms with Crippen LogP contribution in [0.25, 0.3) is 11.0 Å².